The minimum atomic E-state index is 0.0582. The summed E-state index contributed by atoms with van der Waals surface area (Å²) in [4.78, 5) is 21.4. The van der Waals surface area contributed by atoms with Gasteiger partial charge in [0.25, 0.3) is 5.91 Å². The van der Waals surface area contributed by atoms with E-state index in [0.29, 0.717) is 22.8 Å². The van der Waals surface area contributed by atoms with E-state index in [2.05, 4.69) is 30.9 Å². The van der Waals surface area contributed by atoms with Crippen LogP contribution in [-0.2, 0) is 4.79 Å². The van der Waals surface area contributed by atoms with Crippen molar-refractivity contribution in [1.82, 2.24) is 9.80 Å². The van der Waals surface area contributed by atoms with Gasteiger partial charge >= 0.3 is 0 Å². The van der Waals surface area contributed by atoms with Gasteiger partial charge in [-0.05, 0) is 37.1 Å². The fourth-order valence-electron chi connectivity index (χ4n) is 4.56. The average Bonchev–Trinajstić information content (AvgIpc) is 3.59. The standard InChI is InChI=1S/C26H28N4OS2/c1-3-5-7-13-29-17-20-23(25(29)22-12-10-19(16-28)33-22)26(31)30(14-8-6-4-2)24(20)21-11-9-18(15-27)32-21/h9-12H,3-8,13-14,17H2,1-2H3. The van der Waals surface area contributed by atoms with Gasteiger partial charge in [-0.1, -0.05) is 39.5 Å². The Morgan fingerprint density at radius 1 is 0.848 bits per heavy atom. The smallest absolute Gasteiger partial charge is 0.260 e. The van der Waals surface area contributed by atoms with Gasteiger partial charge in [-0.15, -0.1) is 22.7 Å². The van der Waals surface area contributed by atoms with Crippen LogP contribution in [0.1, 0.15) is 71.9 Å². The fraction of sp³-hybridized carbons (Fsp3) is 0.423. The molecule has 4 rings (SSSR count). The number of carbonyl (C=O) groups excluding carboxylic acids is 1. The highest BCUT2D eigenvalue weighted by Gasteiger charge is 2.44. The molecule has 0 atom stereocenters. The maximum atomic E-state index is 13.9. The number of hydrogen-bond acceptors (Lipinski definition) is 6. The third-order valence-corrected chi connectivity index (χ3v) is 8.13. The molecule has 2 aromatic heterocycles. The van der Waals surface area contributed by atoms with Crippen molar-refractivity contribution in [3.05, 3.63) is 54.9 Å². The molecular formula is C26H28N4OS2. The van der Waals surface area contributed by atoms with E-state index in [1.165, 1.54) is 22.7 Å². The highest BCUT2D eigenvalue weighted by Crippen LogP contribution is 2.48. The molecule has 0 N–H and O–H groups in total. The fourth-order valence-corrected chi connectivity index (χ4v) is 6.33. The van der Waals surface area contributed by atoms with Crippen molar-refractivity contribution in [1.29, 1.82) is 10.5 Å². The van der Waals surface area contributed by atoms with Crippen LogP contribution >= 0.6 is 22.7 Å². The molecule has 7 heteroatoms. The molecule has 0 aromatic carbocycles. The molecule has 2 aromatic rings. The monoisotopic (exact) mass is 476 g/mol. The third-order valence-electron chi connectivity index (χ3n) is 6.13. The second-order valence-electron chi connectivity index (χ2n) is 8.39. The van der Waals surface area contributed by atoms with Gasteiger partial charge in [-0.2, -0.15) is 10.5 Å². The van der Waals surface area contributed by atoms with Crippen molar-refractivity contribution in [3.63, 3.8) is 0 Å². The molecule has 0 spiro atoms. The van der Waals surface area contributed by atoms with Gasteiger partial charge in [0.2, 0.25) is 0 Å². The maximum Gasteiger partial charge on any atom is 0.260 e. The van der Waals surface area contributed by atoms with Crippen LogP contribution in [0.4, 0.5) is 0 Å². The van der Waals surface area contributed by atoms with Crippen molar-refractivity contribution in [2.45, 2.75) is 52.4 Å². The van der Waals surface area contributed by atoms with Crippen LogP contribution in [-0.4, -0.2) is 35.3 Å². The van der Waals surface area contributed by atoms with Gasteiger partial charge in [0.05, 0.1) is 26.7 Å². The number of thiophene rings is 2. The zero-order valence-electron chi connectivity index (χ0n) is 19.2. The van der Waals surface area contributed by atoms with Gasteiger partial charge in [0.1, 0.15) is 21.9 Å². The minimum absolute atomic E-state index is 0.0582. The van der Waals surface area contributed by atoms with E-state index in [-0.39, 0.29) is 5.91 Å². The summed E-state index contributed by atoms with van der Waals surface area (Å²) in [6.45, 7) is 6.63. The van der Waals surface area contributed by atoms with Gasteiger partial charge in [0, 0.05) is 25.2 Å². The van der Waals surface area contributed by atoms with Gasteiger partial charge in [-0.25, -0.2) is 0 Å². The summed E-state index contributed by atoms with van der Waals surface area (Å²) in [6, 6.07) is 12.1. The number of fused-ring (bicyclic) bond motifs is 1. The molecule has 4 heterocycles. The molecule has 0 fully saturated rings. The molecule has 170 valence electrons. The van der Waals surface area contributed by atoms with E-state index in [1.807, 2.05) is 29.2 Å². The first-order chi connectivity index (χ1) is 16.1. The van der Waals surface area contributed by atoms with E-state index in [1.54, 1.807) is 0 Å². The van der Waals surface area contributed by atoms with Crippen molar-refractivity contribution in [2.24, 2.45) is 0 Å². The summed E-state index contributed by atoms with van der Waals surface area (Å²) in [7, 11) is 0. The Kier molecular flexibility index (Phi) is 7.33. The summed E-state index contributed by atoms with van der Waals surface area (Å²) < 4.78 is 0. The normalized spacial score (nSPS) is 15.5. The SMILES string of the molecule is CCCCCN1CC2=C(c3ccc(C#N)s3)N(CCCCC)C(=O)C2=C1c1ccc(C#N)s1. The predicted octanol–water partition coefficient (Wildman–Crippen LogP) is 6.21. The molecule has 5 nitrogen and oxygen atoms in total. The number of carbonyl (C=O) groups is 1. The molecule has 1 amide bonds. The first kappa shape index (κ1) is 23.3. The lowest BCUT2D eigenvalue weighted by atomic mass is 10.1. The number of rotatable bonds is 10. The highest BCUT2D eigenvalue weighted by atomic mass is 32.1. The molecule has 0 bridgehead atoms. The topological polar surface area (TPSA) is 71.1 Å². The van der Waals surface area contributed by atoms with Gasteiger partial charge in [0.15, 0.2) is 0 Å². The van der Waals surface area contributed by atoms with Crippen LogP contribution in [0.3, 0.4) is 0 Å². The molecule has 2 aliphatic rings. The summed E-state index contributed by atoms with van der Waals surface area (Å²) >= 11 is 2.91. The molecule has 0 aliphatic carbocycles. The average molecular weight is 477 g/mol. The summed E-state index contributed by atoms with van der Waals surface area (Å²) in [5.74, 6) is 0.0582. The van der Waals surface area contributed by atoms with Crippen molar-refractivity contribution in [2.75, 3.05) is 19.6 Å². The largest absolute Gasteiger partial charge is 0.365 e. The molecular weight excluding hydrogens is 448 g/mol. The molecule has 0 saturated heterocycles. The van der Waals surface area contributed by atoms with Gasteiger partial charge < -0.3 is 9.80 Å². The van der Waals surface area contributed by atoms with E-state index in [4.69, 9.17) is 0 Å². The lowest BCUT2D eigenvalue weighted by molar-refractivity contribution is -0.123. The maximum absolute atomic E-state index is 13.9. The number of amides is 1. The number of hydrogen-bond donors (Lipinski definition) is 0. The lowest BCUT2D eigenvalue weighted by Gasteiger charge is -2.25. The quantitative estimate of drug-likeness (QED) is 0.382. The van der Waals surface area contributed by atoms with Crippen LogP contribution in [0.25, 0.3) is 11.4 Å². The molecule has 2 aliphatic heterocycles. The Bertz CT molecular complexity index is 1190. The van der Waals surface area contributed by atoms with E-state index >= 15 is 0 Å². The van der Waals surface area contributed by atoms with Crippen molar-refractivity contribution >= 4 is 40.0 Å². The second kappa shape index (κ2) is 10.4. The molecule has 0 radical (unpaired) electrons. The van der Waals surface area contributed by atoms with Crippen LogP contribution in [0.5, 0.6) is 0 Å². The summed E-state index contributed by atoms with van der Waals surface area (Å²) in [5, 5.41) is 18.7. The Morgan fingerprint density at radius 3 is 1.97 bits per heavy atom. The van der Waals surface area contributed by atoms with E-state index in [0.717, 1.165) is 77.4 Å². The number of unbranched alkanes of at least 4 members (excludes halogenated alkanes) is 4. The second-order valence-corrected chi connectivity index (χ2v) is 10.6. The minimum Gasteiger partial charge on any atom is -0.365 e. The Balaban J connectivity index is 1.83. The Hall–Kier alpha value is -2.87. The molecule has 33 heavy (non-hydrogen) atoms. The molecule has 0 saturated carbocycles. The third kappa shape index (κ3) is 4.49. The Morgan fingerprint density at radius 2 is 1.42 bits per heavy atom. The predicted molar refractivity (Wildman–Crippen MR) is 134 cm³/mol. The lowest BCUT2D eigenvalue weighted by Crippen LogP contribution is -2.28. The van der Waals surface area contributed by atoms with Crippen LogP contribution in [0.15, 0.2) is 35.4 Å². The number of nitrogens with zero attached hydrogens (tertiary/aromatic N) is 4. The van der Waals surface area contributed by atoms with Crippen molar-refractivity contribution in [3.8, 4) is 12.1 Å². The highest BCUT2D eigenvalue weighted by molar-refractivity contribution is 7.14. The van der Waals surface area contributed by atoms with Crippen molar-refractivity contribution < 1.29 is 4.79 Å². The first-order valence-corrected chi connectivity index (χ1v) is 13.3. The summed E-state index contributed by atoms with van der Waals surface area (Å²) in [5.41, 5.74) is 3.81. The molecule has 0 unspecified atom stereocenters. The zero-order valence-corrected chi connectivity index (χ0v) is 20.8. The van der Waals surface area contributed by atoms with E-state index in [9.17, 15) is 15.3 Å². The summed E-state index contributed by atoms with van der Waals surface area (Å²) in [6.07, 6.45) is 6.48. The Labute approximate surface area is 203 Å². The zero-order chi connectivity index (χ0) is 23.4. The van der Waals surface area contributed by atoms with Gasteiger partial charge in [-0.3, -0.25) is 4.79 Å². The number of nitriles is 2. The van der Waals surface area contributed by atoms with Crippen LogP contribution < -0.4 is 0 Å². The van der Waals surface area contributed by atoms with E-state index < -0.39 is 0 Å². The first-order valence-electron chi connectivity index (χ1n) is 11.7. The van der Waals surface area contributed by atoms with Crippen LogP contribution in [0.2, 0.25) is 0 Å². The van der Waals surface area contributed by atoms with Crippen LogP contribution in [0, 0.1) is 22.7 Å².